The molecule has 2 aromatic heterocycles. The Bertz CT molecular complexity index is 486. The minimum atomic E-state index is -0.563. The van der Waals surface area contributed by atoms with E-state index in [1.54, 1.807) is 6.92 Å². The zero-order valence-corrected chi connectivity index (χ0v) is 9.10. The molecule has 15 heavy (non-hydrogen) atoms. The van der Waals surface area contributed by atoms with Crippen molar-refractivity contribution in [3.63, 3.8) is 0 Å². The fourth-order valence-electron chi connectivity index (χ4n) is 1.13. The van der Waals surface area contributed by atoms with Gasteiger partial charge in [-0.15, -0.1) is 11.3 Å². The van der Waals surface area contributed by atoms with Gasteiger partial charge in [-0.2, -0.15) is 0 Å². The standard InChI is InChI=1S/C9H9FN4S/c1-4-3-15-9(12-4)8-13-5(2)6(10)7(11)14-8/h3H,1-2H3,(H2,11,13,14). The molecule has 0 aliphatic rings. The molecule has 0 radical (unpaired) electrons. The molecule has 0 spiro atoms. The average molecular weight is 224 g/mol. The first kappa shape index (κ1) is 9.97. The predicted molar refractivity (Wildman–Crippen MR) is 57.0 cm³/mol. The van der Waals surface area contributed by atoms with Crippen LogP contribution in [-0.2, 0) is 0 Å². The number of nitrogen functional groups attached to an aromatic ring is 1. The van der Waals surface area contributed by atoms with E-state index in [1.165, 1.54) is 11.3 Å². The smallest absolute Gasteiger partial charge is 0.191 e. The molecular weight excluding hydrogens is 215 g/mol. The number of aryl methyl sites for hydroxylation is 2. The second-order valence-electron chi connectivity index (χ2n) is 3.13. The number of nitrogens with zero attached hydrogens (tertiary/aromatic N) is 3. The summed E-state index contributed by atoms with van der Waals surface area (Å²) in [5, 5.41) is 2.54. The van der Waals surface area contributed by atoms with Crippen LogP contribution < -0.4 is 5.73 Å². The van der Waals surface area contributed by atoms with Crippen LogP contribution in [-0.4, -0.2) is 15.0 Å². The molecule has 78 valence electrons. The highest BCUT2D eigenvalue weighted by atomic mass is 32.1. The summed E-state index contributed by atoms with van der Waals surface area (Å²) in [5.41, 5.74) is 6.55. The number of hydrogen-bond donors (Lipinski definition) is 1. The van der Waals surface area contributed by atoms with Gasteiger partial charge < -0.3 is 5.73 Å². The third-order valence-corrected chi connectivity index (χ3v) is 2.81. The first-order valence-electron chi connectivity index (χ1n) is 4.30. The van der Waals surface area contributed by atoms with Crippen molar-refractivity contribution in [1.29, 1.82) is 0 Å². The second-order valence-corrected chi connectivity index (χ2v) is 3.98. The van der Waals surface area contributed by atoms with Gasteiger partial charge in [0.1, 0.15) is 0 Å². The molecular formula is C9H9FN4S. The van der Waals surface area contributed by atoms with Crippen molar-refractivity contribution in [2.45, 2.75) is 13.8 Å². The largest absolute Gasteiger partial charge is 0.381 e. The van der Waals surface area contributed by atoms with E-state index in [4.69, 9.17) is 5.73 Å². The third kappa shape index (κ3) is 1.80. The Hall–Kier alpha value is -1.56. The molecule has 0 aromatic carbocycles. The van der Waals surface area contributed by atoms with Crippen molar-refractivity contribution in [1.82, 2.24) is 15.0 Å². The Kier molecular flexibility index (Phi) is 2.36. The zero-order valence-electron chi connectivity index (χ0n) is 8.28. The molecule has 0 bridgehead atoms. The lowest BCUT2D eigenvalue weighted by molar-refractivity contribution is 0.608. The van der Waals surface area contributed by atoms with Crippen LogP contribution in [0.5, 0.6) is 0 Å². The van der Waals surface area contributed by atoms with Gasteiger partial charge in [0, 0.05) is 11.1 Å². The van der Waals surface area contributed by atoms with Crippen molar-refractivity contribution in [2.75, 3.05) is 5.73 Å². The summed E-state index contributed by atoms with van der Waals surface area (Å²) >= 11 is 1.41. The monoisotopic (exact) mass is 224 g/mol. The molecule has 6 heteroatoms. The maximum Gasteiger partial charge on any atom is 0.191 e. The fourth-order valence-corrected chi connectivity index (χ4v) is 1.86. The Balaban J connectivity index is 2.55. The second kappa shape index (κ2) is 3.54. The van der Waals surface area contributed by atoms with E-state index in [0.29, 0.717) is 10.8 Å². The Morgan fingerprint density at radius 1 is 1.27 bits per heavy atom. The van der Waals surface area contributed by atoms with Crippen LogP contribution in [0.2, 0.25) is 0 Å². The summed E-state index contributed by atoms with van der Waals surface area (Å²) in [6.45, 7) is 3.43. The summed E-state index contributed by atoms with van der Waals surface area (Å²) in [7, 11) is 0. The molecule has 2 heterocycles. The van der Waals surface area contributed by atoms with Gasteiger partial charge in [-0.05, 0) is 13.8 Å². The summed E-state index contributed by atoms with van der Waals surface area (Å²) in [6, 6.07) is 0. The fraction of sp³-hybridized carbons (Fsp3) is 0.222. The van der Waals surface area contributed by atoms with Crippen molar-refractivity contribution in [2.24, 2.45) is 0 Å². The number of nitrogens with two attached hydrogens (primary N) is 1. The van der Waals surface area contributed by atoms with Crippen LogP contribution in [0, 0.1) is 19.7 Å². The van der Waals surface area contributed by atoms with Crippen molar-refractivity contribution in [3.8, 4) is 10.8 Å². The highest BCUT2D eigenvalue weighted by molar-refractivity contribution is 7.13. The van der Waals surface area contributed by atoms with Crippen LogP contribution in [0.15, 0.2) is 5.38 Å². The van der Waals surface area contributed by atoms with E-state index in [1.807, 2.05) is 12.3 Å². The normalized spacial score (nSPS) is 10.6. The lowest BCUT2D eigenvalue weighted by Gasteiger charge is -2.01. The number of halogens is 1. The lowest BCUT2D eigenvalue weighted by atomic mass is 10.4. The Labute approximate surface area is 90.0 Å². The predicted octanol–water partition coefficient (Wildman–Crippen LogP) is 1.94. The summed E-state index contributed by atoms with van der Waals surface area (Å²) in [5.74, 6) is -0.318. The molecule has 0 aliphatic carbocycles. The van der Waals surface area contributed by atoms with E-state index in [-0.39, 0.29) is 11.5 Å². The number of aromatic nitrogens is 3. The molecule has 2 rings (SSSR count). The lowest BCUT2D eigenvalue weighted by Crippen LogP contribution is -2.02. The van der Waals surface area contributed by atoms with E-state index >= 15 is 0 Å². The molecule has 0 saturated carbocycles. The third-order valence-electron chi connectivity index (χ3n) is 1.85. The van der Waals surface area contributed by atoms with Gasteiger partial charge in [0.15, 0.2) is 22.5 Å². The highest BCUT2D eigenvalue weighted by Gasteiger charge is 2.12. The molecule has 0 fully saturated rings. The SMILES string of the molecule is Cc1csc(-c2nc(C)c(F)c(N)n2)n1. The molecule has 2 N–H and O–H groups in total. The van der Waals surface area contributed by atoms with Gasteiger partial charge in [-0.25, -0.2) is 19.3 Å². The van der Waals surface area contributed by atoms with Crippen LogP contribution >= 0.6 is 11.3 Å². The topological polar surface area (TPSA) is 64.7 Å². The Morgan fingerprint density at radius 3 is 2.53 bits per heavy atom. The quantitative estimate of drug-likeness (QED) is 0.804. The van der Waals surface area contributed by atoms with Crippen LogP contribution in [0.4, 0.5) is 10.2 Å². The van der Waals surface area contributed by atoms with Gasteiger partial charge in [0.25, 0.3) is 0 Å². The summed E-state index contributed by atoms with van der Waals surface area (Å²) in [6.07, 6.45) is 0. The van der Waals surface area contributed by atoms with E-state index in [2.05, 4.69) is 15.0 Å². The highest BCUT2D eigenvalue weighted by Crippen LogP contribution is 2.22. The van der Waals surface area contributed by atoms with Gasteiger partial charge in [-0.3, -0.25) is 0 Å². The van der Waals surface area contributed by atoms with E-state index in [9.17, 15) is 4.39 Å². The number of anilines is 1. The molecule has 0 aliphatic heterocycles. The van der Waals surface area contributed by atoms with Crippen LogP contribution in [0.3, 0.4) is 0 Å². The average Bonchev–Trinajstić information content (AvgIpc) is 2.60. The van der Waals surface area contributed by atoms with Crippen molar-refractivity contribution < 1.29 is 4.39 Å². The van der Waals surface area contributed by atoms with Crippen molar-refractivity contribution in [3.05, 3.63) is 22.6 Å². The number of rotatable bonds is 1. The van der Waals surface area contributed by atoms with E-state index in [0.717, 1.165) is 5.69 Å². The van der Waals surface area contributed by atoms with Gasteiger partial charge in [-0.1, -0.05) is 0 Å². The maximum absolute atomic E-state index is 13.2. The molecule has 0 atom stereocenters. The number of thiazole rings is 1. The Morgan fingerprint density at radius 2 is 2.00 bits per heavy atom. The summed E-state index contributed by atoms with van der Waals surface area (Å²) < 4.78 is 13.2. The minimum absolute atomic E-state index is 0.134. The maximum atomic E-state index is 13.2. The molecule has 0 amide bonds. The summed E-state index contributed by atoms with van der Waals surface area (Å²) in [4.78, 5) is 12.1. The number of hydrogen-bond acceptors (Lipinski definition) is 5. The first-order valence-corrected chi connectivity index (χ1v) is 5.18. The first-order chi connectivity index (χ1) is 7.08. The van der Waals surface area contributed by atoms with Gasteiger partial charge in [0.2, 0.25) is 0 Å². The van der Waals surface area contributed by atoms with E-state index < -0.39 is 5.82 Å². The van der Waals surface area contributed by atoms with Crippen LogP contribution in [0.25, 0.3) is 10.8 Å². The van der Waals surface area contributed by atoms with Gasteiger partial charge in [0.05, 0.1) is 5.69 Å². The van der Waals surface area contributed by atoms with Crippen molar-refractivity contribution >= 4 is 17.2 Å². The van der Waals surface area contributed by atoms with Gasteiger partial charge >= 0.3 is 0 Å². The minimum Gasteiger partial charge on any atom is -0.381 e. The van der Waals surface area contributed by atoms with Crippen LogP contribution in [0.1, 0.15) is 11.4 Å². The molecule has 0 saturated heterocycles. The molecule has 4 nitrogen and oxygen atoms in total. The molecule has 0 unspecified atom stereocenters. The molecule has 2 aromatic rings. The zero-order chi connectivity index (χ0) is 11.0.